The third-order valence-corrected chi connectivity index (χ3v) is 12.8. The zero-order valence-corrected chi connectivity index (χ0v) is 44.2. The first-order valence-corrected chi connectivity index (χ1v) is 23.6. The molecule has 0 fully saturated rings. The minimum atomic E-state index is -0.585. The molecule has 2 aromatic heterocycles. The second-order valence-electron chi connectivity index (χ2n) is 22.2. The van der Waals surface area contributed by atoms with Crippen molar-refractivity contribution in [2.75, 3.05) is 0 Å². The summed E-state index contributed by atoms with van der Waals surface area (Å²) in [5, 5.41) is 12.6. The molecule has 0 aliphatic carbocycles. The van der Waals surface area contributed by atoms with Crippen molar-refractivity contribution in [3.8, 4) is 78.6 Å². The van der Waals surface area contributed by atoms with Crippen LogP contribution < -0.4 is 0 Å². The smallest absolute Gasteiger partial charge is 0.148 e. The molecule has 0 saturated carbocycles. The number of para-hydroxylation sites is 1. The minimum Gasteiger partial charge on any atom is -0.507 e. The molecule has 7 aromatic carbocycles. The number of hydrogen-bond acceptors (Lipinski definition) is 3. The molecule has 5 heteroatoms. The second-order valence-corrected chi connectivity index (χ2v) is 22.2. The largest absolute Gasteiger partial charge is 0.507 e. The van der Waals surface area contributed by atoms with Gasteiger partial charge >= 0.3 is 0 Å². The first-order valence-electron chi connectivity index (χ1n) is 25.6. The Morgan fingerprint density at radius 2 is 1.07 bits per heavy atom. The van der Waals surface area contributed by atoms with Gasteiger partial charge < -0.3 is 5.11 Å². The van der Waals surface area contributed by atoms with Gasteiger partial charge in [0.1, 0.15) is 11.6 Å². The minimum absolute atomic E-state index is 0. The molecule has 0 amide bonds. The maximum Gasteiger partial charge on any atom is 0.148 e. The van der Waals surface area contributed by atoms with Crippen molar-refractivity contribution in [1.82, 2.24) is 14.5 Å². The van der Waals surface area contributed by atoms with Crippen molar-refractivity contribution >= 4 is 11.0 Å². The molecule has 69 heavy (non-hydrogen) atoms. The van der Waals surface area contributed by atoms with Crippen LogP contribution in [0.15, 0.2) is 164 Å². The van der Waals surface area contributed by atoms with E-state index in [-0.39, 0.29) is 72.8 Å². The average Bonchev–Trinajstić information content (AvgIpc) is 3.72. The third kappa shape index (κ3) is 10.1. The molecule has 0 unspecified atom stereocenters. The molecule has 0 aliphatic rings. The molecule has 0 spiro atoms. The molecule has 1 N–H and O–H groups in total. The summed E-state index contributed by atoms with van der Waals surface area (Å²) in [4.78, 5) is 10.5. The fourth-order valence-corrected chi connectivity index (χ4v) is 8.75. The van der Waals surface area contributed by atoms with Gasteiger partial charge in [-0.25, -0.2) is 4.98 Å². The summed E-state index contributed by atoms with van der Waals surface area (Å²) in [5.41, 5.74) is 12.9. The van der Waals surface area contributed by atoms with Crippen LogP contribution in [-0.4, -0.2) is 19.6 Å². The quantitative estimate of drug-likeness (QED) is 0.162. The Morgan fingerprint density at radius 3 is 1.67 bits per heavy atom. The zero-order chi connectivity index (χ0) is 51.8. The van der Waals surface area contributed by atoms with Crippen LogP contribution in [0.4, 0.5) is 0 Å². The number of aromatic nitrogens is 3. The fraction of sp³-hybridized carbons (Fsp3) is 0.250. The predicted octanol–water partition coefficient (Wildman–Crippen LogP) is 17.1. The molecule has 0 aliphatic heterocycles. The molecule has 2 heterocycles. The number of rotatable bonds is 7. The molecule has 9 aromatic rings. The van der Waals surface area contributed by atoms with Crippen LogP contribution in [0, 0.1) is 6.07 Å². The van der Waals surface area contributed by atoms with Crippen LogP contribution in [0.25, 0.3) is 83.9 Å². The second kappa shape index (κ2) is 18.5. The Balaban J connectivity index is 0.00000711. The maximum atomic E-state index is 12.6. The van der Waals surface area contributed by atoms with Crippen LogP contribution in [0.3, 0.4) is 0 Å². The monoisotopic (exact) mass is 1090 g/mol. The van der Waals surface area contributed by atoms with E-state index in [1.165, 1.54) is 0 Å². The summed E-state index contributed by atoms with van der Waals surface area (Å²) >= 11 is 0. The van der Waals surface area contributed by atoms with Gasteiger partial charge in [-0.1, -0.05) is 215 Å². The SMILES string of the molecule is [2H]c1c([2H])c(C(C)(C)C)c([2H])c([2H])c1-c1ccnc(-c2[c-]c(-c3cccc4c3nc(-c3cc(C(C)(C)C)cc(C(C)(C)C)c3O)n4-c3cc(-c4ccccc4)cc(C(C)(C)C)c3)cc(-c3ccccc3)c2)c1.[Pt]. The Morgan fingerprint density at radius 1 is 0.493 bits per heavy atom. The topological polar surface area (TPSA) is 50.9 Å². The van der Waals surface area contributed by atoms with Crippen LogP contribution >= 0.6 is 0 Å². The van der Waals surface area contributed by atoms with E-state index < -0.39 is 5.41 Å². The number of imidazole rings is 1. The van der Waals surface area contributed by atoms with Crippen LogP contribution in [-0.2, 0) is 42.7 Å². The van der Waals surface area contributed by atoms with Gasteiger partial charge in [0.25, 0.3) is 0 Å². The normalized spacial score (nSPS) is 13.1. The molecule has 352 valence electrons. The van der Waals surface area contributed by atoms with Gasteiger partial charge in [0.15, 0.2) is 0 Å². The van der Waals surface area contributed by atoms with E-state index in [4.69, 9.17) is 15.5 Å². The van der Waals surface area contributed by atoms with E-state index in [9.17, 15) is 5.11 Å². The first-order chi connectivity index (χ1) is 33.8. The number of benzene rings is 7. The maximum absolute atomic E-state index is 12.6. The van der Waals surface area contributed by atoms with Crippen molar-refractivity contribution in [3.05, 3.63) is 192 Å². The molecule has 0 bridgehead atoms. The van der Waals surface area contributed by atoms with Gasteiger partial charge in [-0.05, 0) is 96.5 Å². The summed E-state index contributed by atoms with van der Waals surface area (Å²) in [5.74, 6) is 0.812. The van der Waals surface area contributed by atoms with Crippen molar-refractivity contribution < 1.29 is 31.7 Å². The van der Waals surface area contributed by atoms with Gasteiger partial charge in [-0.15, -0.1) is 23.8 Å². The Bertz CT molecular complexity index is 3530. The summed E-state index contributed by atoms with van der Waals surface area (Å²) < 4.78 is 38.4. The van der Waals surface area contributed by atoms with Crippen molar-refractivity contribution in [3.63, 3.8) is 0 Å². The van der Waals surface area contributed by atoms with Gasteiger partial charge in [-0.2, -0.15) is 0 Å². The number of aromatic hydroxyl groups is 1. The number of fused-ring (bicyclic) bond motifs is 1. The van der Waals surface area contributed by atoms with Crippen LogP contribution in [0.1, 0.15) is 111 Å². The van der Waals surface area contributed by atoms with Gasteiger partial charge in [0.05, 0.1) is 22.1 Å². The van der Waals surface area contributed by atoms with Crippen molar-refractivity contribution in [1.29, 1.82) is 0 Å². The number of phenols is 1. The Kier molecular flexibility index (Phi) is 11.8. The number of phenolic OH excluding ortho intramolecular Hbond substituents is 1. The van der Waals surface area contributed by atoms with Crippen molar-refractivity contribution in [2.45, 2.75) is 105 Å². The van der Waals surface area contributed by atoms with Crippen LogP contribution in [0.2, 0.25) is 0 Å². The van der Waals surface area contributed by atoms with E-state index in [0.29, 0.717) is 33.8 Å². The predicted molar refractivity (Wildman–Crippen MR) is 287 cm³/mol. The van der Waals surface area contributed by atoms with Crippen LogP contribution in [0.5, 0.6) is 5.75 Å². The zero-order valence-electron chi connectivity index (χ0n) is 45.9. The van der Waals surface area contributed by atoms with Crippen molar-refractivity contribution in [2.24, 2.45) is 0 Å². The van der Waals surface area contributed by atoms with Gasteiger partial charge in [-0.3, -0.25) is 9.55 Å². The molecule has 9 rings (SSSR count). The molecule has 0 saturated heterocycles. The summed E-state index contributed by atoms with van der Waals surface area (Å²) in [6, 6.07) is 49.1. The first kappa shape index (κ1) is 43.9. The summed E-state index contributed by atoms with van der Waals surface area (Å²) in [7, 11) is 0. The van der Waals surface area contributed by atoms with E-state index >= 15 is 0 Å². The van der Waals surface area contributed by atoms with Gasteiger partial charge in [0, 0.05) is 44.2 Å². The Labute approximate surface area is 430 Å². The molecular weight excluding hydrogens is 1020 g/mol. The standard InChI is InChI=1S/C64H64N3O.Pt/c1-61(2,3)49-28-26-43(27-29-49)44-30-31-65-56(37-44)48-33-45(41-20-15-13-16-21-41)32-47(34-48)53-24-19-25-57-58(53)66-60(54-39-51(63(7,8)9)40-55(59(54)68)64(10,11)12)67(57)52-36-46(42-22-17-14-18-23-42)35-50(38-52)62(4,5)6;/h13-33,35-40,68H,1-12H3;/q-1;/i26D,27D,28D,29D;. The molecular formula is C64H64N3OPt-. The van der Waals surface area contributed by atoms with E-state index in [2.05, 4.69) is 170 Å². The number of pyridine rings is 1. The fourth-order valence-electron chi connectivity index (χ4n) is 8.75. The van der Waals surface area contributed by atoms with Gasteiger partial charge in [0.2, 0.25) is 0 Å². The number of hydrogen-bond donors (Lipinski definition) is 1. The number of nitrogens with zero attached hydrogens (tertiary/aromatic N) is 3. The Hall–Kier alpha value is -6.35. The van der Waals surface area contributed by atoms with E-state index in [1.807, 2.05) is 51.1 Å². The average molecular weight is 1090 g/mol. The third-order valence-electron chi connectivity index (χ3n) is 12.8. The molecule has 4 nitrogen and oxygen atoms in total. The molecule has 0 atom stereocenters. The summed E-state index contributed by atoms with van der Waals surface area (Å²) in [6.45, 7) is 25.4. The molecule has 0 radical (unpaired) electrons. The summed E-state index contributed by atoms with van der Waals surface area (Å²) in [6.07, 6.45) is 1.66. The van der Waals surface area contributed by atoms with E-state index in [0.717, 1.165) is 66.8 Å². The van der Waals surface area contributed by atoms with E-state index in [1.54, 1.807) is 12.3 Å².